The number of aromatic nitrogens is 4. The molecule has 0 aliphatic rings. The second-order valence-corrected chi connectivity index (χ2v) is 5.70. The van der Waals surface area contributed by atoms with Crippen molar-refractivity contribution < 1.29 is 13.2 Å². The van der Waals surface area contributed by atoms with Gasteiger partial charge in [-0.05, 0) is 23.9 Å². The molecule has 3 rings (SSSR count). The smallest absolute Gasteiger partial charge is 0.305 e. The molecule has 3 aromatic rings. The Morgan fingerprint density at radius 1 is 1.00 bits per heavy atom. The molecule has 0 spiro atoms. The second-order valence-electron chi connectivity index (χ2n) is 4.72. The van der Waals surface area contributed by atoms with E-state index >= 15 is 0 Å². The molecule has 0 fully saturated rings. The standard InChI is InChI=1S/C15H11F3N4S/c1-22-13(10-5-3-2-4-6-10)20-21-14(22)23-12-8-7-11(9-19-12)15(16,17)18/h2-9H,1H3. The zero-order valence-corrected chi connectivity index (χ0v) is 12.8. The van der Waals surface area contributed by atoms with Crippen LogP contribution in [0.15, 0.2) is 58.8 Å². The third-order valence-corrected chi connectivity index (χ3v) is 4.12. The highest BCUT2D eigenvalue weighted by atomic mass is 32.2. The SMILES string of the molecule is Cn1c(Sc2ccc(C(F)(F)F)cn2)nnc1-c1ccccc1. The molecular weight excluding hydrogens is 325 g/mol. The molecule has 0 saturated carbocycles. The predicted molar refractivity (Wildman–Crippen MR) is 79.8 cm³/mol. The summed E-state index contributed by atoms with van der Waals surface area (Å²) in [5, 5.41) is 9.17. The van der Waals surface area contributed by atoms with Crippen LogP contribution >= 0.6 is 11.8 Å². The van der Waals surface area contributed by atoms with Crippen LogP contribution in [0.25, 0.3) is 11.4 Å². The van der Waals surface area contributed by atoms with Crippen molar-refractivity contribution in [1.29, 1.82) is 0 Å². The zero-order chi connectivity index (χ0) is 16.4. The Balaban J connectivity index is 1.83. The number of alkyl halides is 3. The maximum Gasteiger partial charge on any atom is 0.417 e. The van der Waals surface area contributed by atoms with Gasteiger partial charge in [0, 0.05) is 18.8 Å². The molecule has 0 aliphatic heterocycles. The lowest BCUT2D eigenvalue weighted by Gasteiger charge is -2.06. The molecule has 118 valence electrons. The van der Waals surface area contributed by atoms with Crippen molar-refractivity contribution in [3.8, 4) is 11.4 Å². The normalized spacial score (nSPS) is 11.7. The van der Waals surface area contributed by atoms with Crippen LogP contribution in [0.4, 0.5) is 13.2 Å². The van der Waals surface area contributed by atoms with Gasteiger partial charge in [0.25, 0.3) is 0 Å². The van der Waals surface area contributed by atoms with Gasteiger partial charge in [-0.25, -0.2) is 4.98 Å². The van der Waals surface area contributed by atoms with Crippen LogP contribution in [0.5, 0.6) is 0 Å². The van der Waals surface area contributed by atoms with Gasteiger partial charge in [0.15, 0.2) is 11.0 Å². The van der Waals surface area contributed by atoms with E-state index in [0.29, 0.717) is 16.0 Å². The molecular formula is C15H11F3N4S. The molecule has 23 heavy (non-hydrogen) atoms. The first-order chi connectivity index (χ1) is 10.9. The predicted octanol–water partition coefficient (Wildman–Crippen LogP) is 4.05. The average molecular weight is 336 g/mol. The molecule has 0 bridgehead atoms. The minimum absolute atomic E-state index is 0.424. The minimum atomic E-state index is -4.39. The van der Waals surface area contributed by atoms with Crippen molar-refractivity contribution >= 4 is 11.8 Å². The lowest BCUT2D eigenvalue weighted by molar-refractivity contribution is -0.137. The molecule has 0 amide bonds. The number of hydrogen-bond acceptors (Lipinski definition) is 4. The van der Waals surface area contributed by atoms with E-state index in [2.05, 4.69) is 15.2 Å². The largest absolute Gasteiger partial charge is 0.417 e. The maximum absolute atomic E-state index is 12.5. The Labute approximate surface area is 134 Å². The summed E-state index contributed by atoms with van der Waals surface area (Å²) in [6.07, 6.45) is -3.57. The third kappa shape index (κ3) is 3.37. The van der Waals surface area contributed by atoms with Crippen LogP contribution in [0.3, 0.4) is 0 Å². The highest BCUT2D eigenvalue weighted by molar-refractivity contribution is 7.99. The maximum atomic E-state index is 12.5. The lowest BCUT2D eigenvalue weighted by atomic mass is 10.2. The summed E-state index contributed by atoms with van der Waals surface area (Å²) in [5.41, 5.74) is 0.138. The van der Waals surface area contributed by atoms with Gasteiger partial charge in [0.2, 0.25) is 0 Å². The highest BCUT2D eigenvalue weighted by Gasteiger charge is 2.30. The summed E-state index contributed by atoms with van der Waals surface area (Å²) in [6, 6.07) is 11.8. The van der Waals surface area contributed by atoms with E-state index in [9.17, 15) is 13.2 Å². The van der Waals surface area contributed by atoms with Gasteiger partial charge in [0.1, 0.15) is 5.03 Å². The van der Waals surface area contributed by atoms with Crippen LogP contribution in [-0.2, 0) is 13.2 Å². The molecule has 2 aromatic heterocycles. The van der Waals surface area contributed by atoms with Crippen molar-refractivity contribution in [3.05, 3.63) is 54.2 Å². The van der Waals surface area contributed by atoms with Crippen molar-refractivity contribution in [2.24, 2.45) is 7.05 Å². The van der Waals surface area contributed by atoms with Gasteiger partial charge in [0.05, 0.1) is 5.56 Å². The van der Waals surface area contributed by atoms with Gasteiger partial charge in [-0.3, -0.25) is 0 Å². The Kier molecular flexibility index (Phi) is 4.08. The summed E-state index contributed by atoms with van der Waals surface area (Å²) in [4.78, 5) is 3.83. The summed E-state index contributed by atoms with van der Waals surface area (Å²) in [6.45, 7) is 0. The zero-order valence-electron chi connectivity index (χ0n) is 11.9. The molecule has 0 aliphatic carbocycles. The third-order valence-electron chi connectivity index (χ3n) is 3.13. The quantitative estimate of drug-likeness (QED) is 0.724. The Hall–Kier alpha value is -2.35. The molecule has 1 aromatic carbocycles. The molecule has 4 nitrogen and oxygen atoms in total. The van der Waals surface area contributed by atoms with Crippen LogP contribution in [0, 0.1) is 0 Å². The van der Waals surface area contributed by atoms with Crippen molar-refractivity contribution in [2.45, 2.75) is 16.4 Å². The van der Waals surface area contributed by atoms with Crippen molar-refractivity contribution in [3.63, 3.8) is 0 Å². The molecule has 0 unspecified atom stereocenters. The van der Waals surface area contributed by atoms with Gasteiger partial charge in [-0.1, -0.05) is 30.3 Å². The van der Waals surface area contributed by atoms with E-state index in [1.165, 1.54) is 6.07 Å². The van der Waals surface area contributed by atoms with Crippen molar-refractivity contribution in [1.82, 2.24) is 19.7 Å². The molecule has 0 atom stereocenters. The van der Waals surface area contributed by atoms with Gasteiger partial charge >= 0.3 is 6.18 Å². The van der Waals surface area contributed by atoms with Crippen LogP contribution < -0.4 is 0 Å². The second kappa shape index (κ2) is 6.04. The number of hydrogen-bond donors (Lipinski definition) is 0. The number of halogens is 3. The Morgan fingerprint density at radius 2 is 1.74 bits per heavy atom. The van der Waals surface area contributed by atoms with E-state index in [1.807, 2.05) is 30.3 Å². The monoisotopic (exact) mass is 336 g/mol. The molecule has 0 radical (unpaired) electrons. The minimum Gasteiger partial charge on any atom is -0.305 e. The van der Waals surface area contributed by atoms with E-state index in [1.54, 1.807) is 11.6 Å². The van der Waals surface area contributed by atoms with E-state index in [0.717, 1.165) is 29.6 Å². The van der Waals surface area contributed by atoms with Gasteiger partial charge < -0.3 is 4.57 Å². The molecule has 8 heteroatoms. The van der Waals surface area contributed by atoms with Gasteiger partial charge in [-0.2, -0.15) is 13.2 Å². The molecule has 0 saturated heterocycles. The number of pyridine rings is 1. The summed E-state index contributed by atoms with van der Waals surface area (Å²) in [7, 11) is 1.80. The van der Waals surface area contributed by atoms with E-state index < -0.39 is 11.7 Å². The lowest BCUT2D eigenvalue weighted by Crippen LogP contribution is -2.05. The summed E-state index contributed by atoms with van der Waals surface area (Å²) < 4.78 is 39.4. The fraction of sp³-hybridized carbons (Fsp3) is 0.133. The molecule has 0 N–H and O–H groups in total. The first-order valence-electron chi connectivity index (χ1n) is 6.61. The van der Waals surface area contributed by atoms with E-state index in [4.69, 9.17) is 0 Å². The summed E-state index contributed by atoms with van der Waals surface area (Å²) in [5.74, 6) is 0.681. The van der Waals surface area contributed by atoms with Gasteiger partial charge in [-0.15, -0.1) is 10.2 Å². The van der Waals surface area contributed by atoms with Crippen LogP contribution in [-0.4, -0.2) is 19.7 Å². The fourth-order valence-electron chi connectivity index (χ4n) is 1.94. The van der Waals surface area contributed by atoms with Crippen LogP contribution in [0.2, 0.25) is 0 Å². The Bertz CT molecular complexity index is 798. The molecule has 2 heterocycles. The summed E-state index contributed by atoms with van der Waals surface area (Å²) >= 11 is 1.16. The number of benzene rings is 1. The highest BCUT2D eigenvalue weighted by Crippen LogP contribution is 2.31. The average Bonchev–Trinajstić information content (AvgIpc) is 2.89. The number of nitrogens with zero attached hydrogens (tertiary/aromatic N) is 4. The topological polar surface area (TPSA) is 43.6 Å². The fourth-order valence-corrected chi connectivity index (χ4v) is 2.68. The first-order valence-corrected chi connectivity index (χ1v) is 7.43. The Morgan fingerprint density at radius 3 is 2.35 bits per heavy atom. The number of rotatable bonds is 3. The van der Waals surface area contributed by atoms with Crippen molar-refractivity contribution in [2.75, 3.05) is 0 Å². The first kappa shape index (κ1) is 15.5. The van der Waals surface area contributed by atoms with Crippen LogP contribution in [0.1, 0.15) is 5.56 Å². The van der Waals surface area contributed by atoms with E-state index in [-0.39, 0.29) is 0 Å².